The lowest BCUT2D eigenvalue weighted by Gasteiger charge is -2.13. The van der Waals surface area contributed by atoms with Crippen LogP contribution in [-0.2, 0) is 0 Å². The highest BCUT2D eigenvalue weighted by Crippen LogP contribution is 2.36. The SMILES string of the molecule is O=C(Nc1cccnc1)Nc1cnc2ccccc2c1-c1cncs1. The van der Waals surface area contributed by atoms with Crippen LogP contribution in [0.25, 0.3) is 21.3 Å². The molecule has 0 aliphatic rings. The molecule has 0 radical (unpaired) electrons. The molecule has 0 aliphatic carbocycles. The van der Waals surface area contributed by atoms with Crippen LogP contribution in [-0.4, -0.2) is 21.0 Å². The second-order valence-electron chi connectivity index (χ2n) is 5.25. The van der Waals surface area contributed by atoms with Crippen molar-refractivity contribution in [2.24, 2.45) is 0 Å². The van der Waals surface area contributed by atoms with E-state index in [1.54, 1.807) is 42.4 Å². The van der Waals surface area contributed by atoms with Gasteiger partial charge in [-0.05, 0) is 18.2 Å². The minimum atomic E-state index is -0.351. The van der Waals surface area contributed by atoms with Crippen LogP contribution >= 0.6 is 11.3 Å². The fourth-order valence-corrected chi connectivity index (χ4v) is 3.26. The van der Waals surface area contributed by atoms with Crippen molar-refractivity contribution in [3.63, 3.8) is 0 Å². The van der Waals surface area contributed by atoms with Gasteiger partial charge in [-0.25, -0.2) is 4.79 Å². The molecule has 7 heteroatoms. The average Bonchev–Trinajstić information content (AvgIpc) is 3.16. The van der Waals surface area contributed by atoms with Crippen LogP contribution < -0.4 is 10.6 Å². The summed E-state index contributed by atoms with van der Waals surface area (Å²) in [5.41, 5.74) is 4.79. The summed E-state index contributed by atoms with van der Waals surface area (Å²) in [6, 6.07) is 11.0. The summed E-state index contributed by atoms with van der Waals surface area (Å²) >= 11 is 1.52. The number of aromatic nitrogens is 3. The van der Waals surface area contributed by atoms with E-state index in [0.29, 0.717) is 11.4 Å². The minimum absolute atomic E-state index is 0.351. The minimum Gasteiger partial charge on any atom is -0.306 e. The number of hydrogen-bond acceptors (Lipinski definition) is 5. The van der Waals surface area contributed by atoms with E-state index >= 15 is 0 Å². The lowest BCUT2D eigenvalue weighted by molar-refractivity contribution is 0.262. The van der Waals surface area contributed by atoms with E-state index in [0.717, 1.165) is 21.3 Å². The normalized spacial score (nSPS) is 10.6. The highest BCUT2D eigenvalue weighted by Gasteiger charge is 2.14. The highest BCUT2D eigenvalue weighted by atomic mass is 32.1. The molecule has 1 aromatic carbocycles. The number of benzene rings is 1. The Bertz CT molecular complexity index is 1020. The van der Waals surface area contributed by atoms with Gasteiger partial charge in [-0.2, -0.15) is 0 Å². The first-order valence-electron chi connectivity index (χ1n) is 7.56. The van der Waals surface area contributed by atoms with Gasteiger partial charge in [0.15, 0.2) is 0 Å². The van der Waals surface area contributed by atoms with Crippen LogP contribution in [0.4, 0.5) is 16.2 Å². The Morgan fingerprint density at radius 1 is 0.960 bits per heavy atom. The summed E-state index contributed by atoms with van der Waals surface area (Å²) in [5, 5.41) is 6.60. The molecule has 0 spiro atoms. The molecule has 0 fully saturated rings. The number of anilines is 2. The molecule has 0 aliphatic heterocycles. The molecule has 0 saturated heterocycles. The molecule has 2 N–H and O–H groups in total. The number of pyridine rings is 2. The molecule has 0 unspecified atom stereocenters. The van der Waals surface area contributed by atoms with E-state index in [1.165, 1.54) is 11.3 Å². The van der Waals surface area contributed by atoms with E-state index in [4.69, 9.17) is 0 Å². The van der Waals surface area contributed by atoms with Gasteiger partial charge in [0.05, 0.1) is 39.7 Å². The molecule has 25 heavy (non-hydrogen) atoms. The number of rotatable bonds is 3. The maximum atomic E-state index is 12.3. The summed E-state index contributed by atoms with van der Waals surface area (Å²) in [4.78, 5) is 25.9. The molecule has 3 heterocycles. The number of urea groups is 1. The van der Waals surface area contributed by atoms with E-state index in [9.17, 15) is 4.79 Å². The first kappa shape index (κ1) is 15.2. The zero-order chi connectivity index (χ0) is 17.1. The van der Waals surface area contributed by atoms with Crippen molar-refractivity contribution in [3.05, 3.63) is 66.7 Å². The van der Waals surface area contributed by atoms with Crippen molar-refractivity contribution in [1.82, 2.24) is 15.0 Å². The Balaban J connectivity index is 1.72. The third-order valence-electron chi connectivity index (χ3n) is 3.62. The van der Waals surface area contributed by atoms with Gasteiger partial charge in [-0.3, -0.25) is 15.0 Å². The van der Waals surface area contributed by atoms with Crippen LogP contribution in [0, 0.1) is 0 Å². The quantitative estimate of drug-likeness (QED) is 0.576. The smallest absolute Gasteiger partial charge is 0.306 e. The number of carbonyl (C=O) groups excluding carboxylic acids is 1. The lowest BCUT2D eigenvalue weighted by atomic mass is 10.1. The number of nitrogens with zero attached hydrogens (tertiary/aromatic N) is 3. The lowest BCUT2D eigenvalue weighted by Crippen LogP contribution is -2.20. The first-order valence-corrected chi connectivity index (χ1v) is 8.44. The molecule has 122 valence electrons. The number of amides is 2. The summed E-state index contributed by atoms with van der Waals surface area (Å²) in [7, 11) is 0. The Labute approximate surface area is 147 Å². The van der Waals surface area contributed by atoms with Gasteiger partial charge in [0.1, 0.15) is 0 Å². The third-order valence-corrected chi connectivity index (χ3v) is 4.41. The van der Waals surface area contributed by atoms with Crippen LogP contribution in [0.3, 0.4) is 0 Å². The van der Waals surface area contributed by atoms with Crippen LogP contribution in [0.2, 0.25) is 0 Å². The Morgan fingerprint density at radius 2 is 1.88 bits per heavy atom. The van der Waals surface area contributed by atoms with Gasteiger partial charge in [0, 0.05) is 23.3 Å². The molecule has 0 bridgehead atoms. The van der Waals surface area contributed by atoms with E-state index in [-0.39, 0.29) is 6.03 Å². The van der Waals surface area contributed by atoms with E-state index in [2.05, 4.69) is 25.6 Å². The average molecular weight is 347 g/mol. The molecule has 2 amide bonds. The zero-order valence-electron chi connectivity index (χ0n) is 13.0. The summed E-state index contributed by atoms with van der Waals surface area (Å²) < 4.78 is 0. The highest BCUT2D eigenvalue weighted by molar-refractivity contribution is 7.13. The molecule has 3 aromatic heterocycles. The van der Waals surface area contributed by atoms with Gasteiger partial charge in [-0.1, -0.05) is 18.2 Å². The second kappa shape index (κ2) is 6.66. The van der Waals surface area contributed by atoms with Crippen LogP contribution in [0.15, 0.2) is 66.7 Å². The number of fused-ring (bicyclic) bond motifs is 1. The second-order valence-corrected chi connectivity index (χ2v) is 6.14. The summed E-state index contributed by atoms with van der Waals surface area (Å²) in [6.07, 6.45) is 6.69. The summed E-state index contributed by atoms with van der Waals surface area (Å²) in [6.45, 7) is 0. The topological polar surface area (TPSA) is 79.8 Å². The Morgan fingerprint density at radius 3 is 2.68 bits per heavy atom. The van der Waals surface area contributed by atoms with E-state index < -0.39 is 0 Å². The number of thiazole rings is 1. The maximum Gasteiger partial charge on any atom is 0.323 e. The number of nitrogens with one attached hydrogen (secondary N) is 2. The molecule has 6 nitrogen and oxygen atoms in total. The monoisotopic (exact) mass is 347 g/mol. The molecular formula is C18H13N5OS. The summed E-state index contributed by atoms with van der Waals surface area (Å²) in [5.74, 6) is 0. The predicted octanol–water partition coefficient (Wildman–Crippen LogP) is 4.40. The Hall–Kier alpha value is -3.32. The van der Waals surface area contributed by atoms with Crippen LogP contribution in [0.5, 0.6) is 0 Å². The molecule has 0 atom stereocenters. The van der Waals surface area contributed by atoms with Crippen molar-refractivity contribution in [1.29, 1.82) is 0 Å². The molecule has 4 rings (SSSR count). The standard InChI is InChI=1S/C18H13N5OS/c24-18(22-12-4-3-7-19-8-12)23-15-9-21-14-6-2-1-5-13(14)17(15)16-10-20-11-25-16/h1-11H,(H2,22,23,24). The number of hydrogen-bond donors (Lipinski definition) is 2. The van der Waals surface area contributed by atoms with Crippen molar-refractivity contribution in [3.8, 4) is 10.4 Å². The zero-order valence-corrected chi connectivity index (χ0v) is 13.8. The molecular weight excluding hydrogens is 334 g/mol. The maximum absolute atomic E-state index is 12.3. The van der Waals surface area contributed by atoms with E-state index in [1.807, 2.05) is 24.3 Å². The molecule has 0 saturated carbocycles. The number of para-hydroxylation sites is 1. The van der Waals surface area contributed by atoms with Gasteiger partial charge < -0.3 is 10.6 Å². The van der Waals surface area contributed by atoms with Crippen molar-refractivity contribution < 1.29 is 4.79 Å². The first-order chi connectivity index (χ1) is 12.3. The predicted molar refractivity (Wildman–Crippen MR) is 99.7 cm³/mol. The fourth-order valence-electron chi connectivity index (χ4n) is 2.56. The van der Waals surface area contributed by atoms with Crippen LogP contribution in [0.1, 0.15) is 0 Å². The van der Waals surface area contributed by atoms with Gasteiger partial charge in [-0.15, -0.1) is 11.3 Å². The fraction of sp³-hybridized carbons (Fsp3) is 0. The van der Waals surface area contributed by atoms with Crippen molar-refractivity contribution in [2.75, 3.05) is 10.6 Å². The van der Waals surface area contributed by atoms with Gasteiger partial charge >= 0.3 is 6.03 Å². The third kappa shape index (κ3) is 3.17. The molecule has 4 aromatic rings. The van der Waals surface area contributed by atoms with Crippen molar-refractivity contribution in [2.45, 2.75) is 0 Å². The van der Waals surface area contributed by atoms with Crippen molar-refractivity contribution >= 4 is 39.6 Å². The Kier molecular flexibility index (Phi) is 4.05. The van der Waals surface area contributed by atoms with Gasteiger partial charge in [0.25, 0.3) is 0 Å². The largest absolute Gasteiger partial charge is 0.323 e. The number of carbonyl (C=O) groups is 1. The van der Waals surface area contributed by atoms with Gasteiger partial charge in [0.2, 0.25) is 0 Å².